The number of fused-ring (bicyclic) bond motifs is 1. The highest BCUT2D eigenvalue weighted by atomic mass is 19.1. The van der Waals surface area contributed by atoms with Crippen molar-refractivity contribution in [2.75, 3.05) is 32.8 Å². The molecule has 146 valence electrons. The number of halogens is 1. The van der Waals surface area contributed by atoms with Gasteiger partial charge in [-0.05, 0) is 43.5 Å². The van der Waals surface area contributed by atoms with Crippen LogP contribution in [0, 0.1) is 11.7 Å². The number of amides is 2. The van der Waals surface area contributed by atoms with Crippen molar-refractivity contribution >= 4 is 22.7 Å². The lowest BCUT2D eigenvalue weighted by atomic mass is 10.1. The second-order valence-electron chi connectivity index (χ2n) is 6.84. The summed E-state index contributed by atoms with van der Waals surface area (Å²) in [5.41, 5.74) is 1.85. The molecule has 1 fully saturated rings. The summed E-state index contributed by atoms with van der Waals surface area (Å²) in [6, 6.07) is 4.64. The van der Waals surface area contributed by atoms with E-state index in [0.29, 0.717) is 39.3 Å². The Hall–Kier alpha value is -2.41. The molecule has 0 aliphatic carbocycles. The molecular weight excluding hydrogens is 349 g/mol. The molecule has 1 aromatic heterocycles. The standard InChI is InChI=1S/C20H26FN3O3/c1-2-27-9-3-7-22-20(26)15-10-19(25)24(13-15)8-6-14-12-23-18-5-4-16(21)11-17(14)18/h4-5,11-12,15,23H,2-3,6-10,13H2,1H3,(H,22,26). The highest BCUT2D eigenvalue weighted by Gasteiger charge is 2.33. The zero-order chi connectivity index (χ0) is 19.2. The summed E-state index contributed by atoms with van der Waals surface area (Å²) in [5, 5.41) is 3.72. The van der Waals surface area contributed by atoms with E-state index in [9.17, 15) is 14.0 Å². The summed E-state index contributed by atoms with van der Waals surface area (Å²) in [6.45, 7) is 4.75. The number of nitrogens with zero attached hydrogens (tertiary/aromatic N) is 1. The van der Waals surface area contributed by atoms with Gasteiger partial charge in [-0.2, -0.15) is 0 Å². The van der Waals surface area contributed by atoms with Gasteiger partial charge in [-0.15, -0.1) is 0 Å². The molecule has 7 heteroatoms. The minimum atomic E-state index is -0.301. The number of likely N-dealkylation sites (tertiary alicyclic amines) is 1. The van der Waals surface area contributed by atoms with E-state index in [1.807, 2.05) is 13.1 Å². The Labute approximate surface area is 158 Å². The summed E-state index contributed by atoms with van der Waals surface area (Å²) in [7, 11) is 0. The van der Waals surface area contributed by atoms with Crippen LogP contribution in [0.4, 0.5) is 4.39 Å². The Balaban J connectivity index is 1.49. The highest BCUT2D eigenvalue weighted by molar-refractivity contribution is 5.89. The number of H-pyrrole nitrogens is 1. The van der Waals surface area contributed by atoms with Crippen LogP contribution in [0.15, 0.2) is 24.4 Å². The summed E-state index contributed by atoms with van der Waals surface area (Å²) < 4.78 is 18.7. The van der Waals surface area contributed by atoms with E-state index in [1.54, 1.807) is 11.0 Å². The maximum absolute atomic E-state index is 13.5. The zero-order valence-electron chi connectivity index (χ0n) is 15.6. The van der Waals surface area contributed by atoms with E-state index in [2.05, 4.69) is 10.3 Å². The third-order valence-electron chi connectivity index (χ3n) is 4.93. The first-order valence-corrected chi connectivity index (χ1v) is 9.47. The fraction of sp³-hybridized carbons (Fsp3) is 0.500. The Morgan fingerprint density at radius 3 is 3.11 bits per heavy atom. The monoisotopic (exact) mass is 375 g/mol. The molecule has 2 heterocycles. The predicted octanol–water partition coefficient (Wildman–Crippen LogP) is 2.24. The summed E-state index contributed by atoms with van der Waals surface area (Å²) in [6.07, 6.45) is 3.49. The number of rotatable bonds is 9. The first kappa shape index (κ1) is 19.4. The molecule has 1 saturated heterocycles. The second kappa shape index (κ2) is 8.99. The molecule has 3 rings (SSSR count). The number of hydrogen-bond acceptors (Lipinski definition) is 3. The maximum Gasteiger partial charge on any atom is 0.225 e. The quantitative estimate of drug-likeness (QED) is 0.660. The van der Waals surface area contributed by atoms with Gasteiger partial charge in [0.15, 0.2) is 0 Å². The number of aromatic amines is 1. The van der Waals surface area contributed by atoms with E-state index >= 15 is 0 Å². The van der Waals surface area contributed by atoms with Gasteiger partial charge >= 0.3 is 0 Å². The normalized spacial score (nSPS) is 17.0. The van der Waals surface area contributed by atoms with Crippen LogP contribution in [-0.2, 0) is 20.7 Å². The zero-order valence-corrected chi connectivity index (χ0v) is 15.6. The van der Waals surface area contributed by atoms with Crippen LogP contribution >= 0.6 is 0 Å². The Bertz CT molecular complexity index is 805. The summed E-state index contributed by atoms with van der Waals surface area (Å²) >= 11 is 0. The first-order chi connectivity index (χ1) is 13.1. The van der Waals surface area contributed by atoms with Crippen LogP contribution in [0.5, 0.6) is 0 Å². The maximum atomic E-state index is 13.5. The minimum absolute atomic E-state index is 0.00418. The second-order valence-corrected chi connectivity index (χ2v) is 6.84. The van der Waals surface area contributed by atoms with Crippen LogP contribution < -0.4 is 5.32 Å². The molecule has 2 N–H and O–H groups in total. The minimum Gasteiger partial charge on any atom is -0.382 e. The van der Waals surface area contributed by atoms with Crippen LogP contribution in [0.25, 0.3) is 10.9 Å². The molecule has 1 aromatic carbocycles. The fourth-order valence-electron chi connectivity index (χ4n) is 3.45. The molecule has 6 nitrogen and oxygen atoms in total. The number of benzene rings is 1. The molecule has 1 aliphatic rings. The van der Waals surface area contributed by atoms with E-state index in [4.69, 9.17) is 4.74 Å². The molecule has 0 spiro atoms. The molecule has 2 aromatic rings. The lowest BCUT2D eigenvalue weighted by molar-refractivity contribution is -0.129. The van der Waals surface area contributed by atoms with Crippen molar-refractivity contribution in [2.24, 2.45) is 5.92 Å². The smallest absolute Gasteiger partial charge is 0.225 e. The molecule has 1 atom stereocenters. The van der Waals surface area contributed by atoms with Crippen molar-refractivity contribution < 1.29 is 18.7 Å². The van der Waals surface area contributed by atoms with E-state index in [0.717, 1.165) is 22.9 Å². The molecule has 0 saturated carbocycles. The predicted molar refractivity (Wildman–Crippen MR) is 101 cm³/mol. The molecule has 27 heavy (non-hydrogen) atoms. The van der Waals surface area contributed by atoms with Crippen LogP contribution in [0.2, 0.25) is 0 Å². The average Bonchev–Trinajstić information content (AvgIpc) is 3.22. The Kier molecular flexibility index (Phi) is 6.45. The van der Waals surface area contributed by atoms with Crippen molar-refractivity contribution in [3.8, 4) is 0 Å². The highest BCUT2D eigenvalue weighted by Crippen LogP contribution is 2.22. The summed E-state index contributed by atoms with van der Waals surface area (Å²) in [4.78, 5) is 29.3. The topological polar surface area (TPSA) is 74.4 Å². The molecule has 1 unspecified atom stereocenters. The van der Waals surface area contributed by atoms with Crippen molar-refractivity contribution in [1.82, 2.24) is 15.2 Å². The largest absolute Gasteiger partial charge is 0.382 e. The third kappa shape index (κ3) is 4.86. The van der Waals surface area contributed by atoms with E-state index < -0.39 is 0 Å². The van der Waals surface area contributed by atoms with Gasteiger partial charge in [0.05, 0.1) is 5.92 Å². The van der Waals surface area contributed by atoms with Gasteiger partial charge in [0.2, 0.25) is 11.8 Å². The molecular formula is C20H26FN3O3. The van der Waals surface area contributed by atoms with Gasteiger partial charge in [-0.3, -0.25) is 9.59 Å². The van der Waals surface area contributed by atoms with Crippen molar-refractivity contribution in [1.29, 1.82) is 0 Å². The van der Waals surface area contributed by atoms with Gasteiger partial charge in [0.25, 0.3) is 0 Å². The van der Waals surface area contributed by atoms with Crippen molar-refractivity contribution in [3.05, 3.63) is 35.8 Å². The Morgan fingerprint density at radius 1 is 1.44 bits per heavy atom. The number of nitrogens with one attached hydrogen (secondary N) is 2. The van der Waals surface area contributed by atoms with Gasteiger partial charge < -0.3 is 19.9 Å². The average molecular weight is 375 g/mol. The Morgan fingerprint density at radius 2 is 2.30 bits per heavy atom. The first-order valence-electron chi connectivity index (χ1n) is 9.47. The van der Waals surface area contributed by atoms with Crippen LogP contribution in [0.3, 0.4) is 0 Å². The number of ether oxygens (including phenoxy) is 1. The van der Waals surface area contributed by atoms with Crippen LogP contribution in [0.1, 0.15) is 25.3 Å². The van der Waals surface area contributed by atoms with Gasteiger partial charge in [-0.1, -0.05) is 0 Å². The lowest BCUT2D eigenvalue weighted by Gasteiger charge is -2.16. The van der Waals surface area contributed by atoms with Crippen molar-refractivity contribution in [2.45, 2.75) is 26.2 Å². The van der Waals surface area contributed by atoms with Gasteiger partial charge in [0, 0.05) is 56.4 Å². The molecule has 0 bridgehead atoms. The number of carbonyl (C=O) groups is 2. The van der Waals surface area contributed by atoms with Gasteiger partial charge in [0.1, 0.15) is 5.82 Å². The lowest BCUT2D eigenvalue weighted by Crippen LogP contribution is -2.34. The fourth-order valence-corrected chi connectivity index (χ4v) is 3.45. The molecule has 2 amide bonds. The van der Waals surface area contributed by atoms with Crippen LogP contribution in [-0.4, -0.2) is 54.5 Å². The summed E-state index contributed by atoms with van der Waals surface area (Å²) in [5.74, 6) is -0.654. The SMILES string of the molecule is CCOCCCNC(=O)C1CC(=O)N(CCc2c[nH]c3ccc(F)cc23)C1. The van der Waals surface area contributed by atoms with Crippen molar-refractivity contribution in [3.63, 3.8) is 0 Å². The van der Waals surface area contributed by atoms with E-state index in [1.165, 1.54) is 12.1 Å². The molecule has 1 aliphatic heterocycles. The van der Waals surface area contributed by atoms with E-state index in [-0.39, 0.29) is 30.0 Å². The number of aromatic nitrogens is 1. The van der Waals surface area contributed by atoms with Gasteiger partial charge in [-0.25, -0.2) is 4.39 Å². The third-order valence-corrected chi connectivity index (χ3v) is 4.93. The number of carbonyl (C=O) groups excluding carboxylic acids is 2. The molecule has 0 radical (unpaired) electrons. The number of hydrogen-bond donors (Lipinski definition) is 2.